The fraction of sp³-hybridized carbons (Fsp3) is 0.214. The van der Waals surface area contributed by atoms with Crippen molar-refractivity contribution in [3.05, 3.63) is 39.9 Å². The average molecular weight is 338 g/mol. The van der Waals surface area contributed by atoms with Gasteiger partial charge in [0, 0.05) is 16.8 Å². The minimum absolute atomic E-state index is 0.0518. The zero-order valence-electron chi connectivity index (χ0n) is 11.3. The standard InChI is InChI=1S/C14H12ClN3O3S/c15-8-1-2-10-7(3-8)4-11(21-10)13(20)18-14-17-9(6-22-14)5-12(16)19/h1-3,6,11H,4-5H2,(H2,16,19)(H,17,18,20). The molecule has 0 saturated heterocycles. The summed E-state index contributed by atoms with van der Waals surface area (Å²) >= 11 is 7.16. The van der Waals surface area contributed by atoms with Crippen molar-refractivity contribution in [2.45, 2.75) is 18.9 Å². The highest BCUT2D eigenvalue weighted by Crippen LogP contribution is 2.31. The number of hydrogen-bond donors (Lipinski definition) is 2. The predicted octanol–water partition coefficient (Wildman–Crippen LogP) is 1.77. The van der Waals surface area contributed by atoms with Gasteiger partial charge in [0.25, 0.3) is 5.91 Å². The van der Waals surface area contributed by atoms with E-state index in [9.17, 15) is 9.59 Å². The summed E-state index contributed by atoms with van der Waals surface area (Å²) < 4.78 is 5.60. The molecule has 0 aliphatic carbocycles. The minimum atomic E-state index is -0.614. The normalized spacial score (nSPS) is 16.0. The van der Waals surface area contributed by atoms with Crippen LogP contribution in [-0.2, 0) is 22.4 Å². The van der Waals surface area contributed by atoms with Crippen LogP contribution < -0.4 is 15.8 Å². The maximum Gasteiger partial charge on any atom is 0.267 e. The van der Waals surface area contributed by atoms with Crippen molar-refractivity contribution in [3.63, 3.8) is 0 Å². The number of anilines is 1. The number of carbonyl (C=O) groups is 2. The van der Waals surface area contributed by atoms with Crippen molar-refractivity contribution in [1.82, 2.24) is 4.98 Å². The maximum atomic E-state index is 12.2. The number of nitrogens with two attached hydrogens (primary N) is 1. The Labute approximate surface area is 135 Å². The second-order valence-corrected chi connectivity index (χ2v) is 6.13. The number of aromatic nitrogens is 1. The van der Waals surface area contributed by atoms with Gasteiger partial charge in [0.2, 0.25) is 5.91 Å². The summed E-state index contributed by atoms with van der Waals surface area (Å²) in [5.41, 5.74) is 6.54. The Morgan fingerprint density at radius 2 is 2.32 bits per heavy atom. The Balaban J connectivity index is 1.64. The van der Waals surface area contributed by atoms with E-state index in [0.29, 0.717) is 28.0 Å². The molecule has 1 atom stereocenters. The number of nitrogens with zero attached hydrogens (tertiary/aromatic N) is 1. The highest BCUT2D eigenvalue weighted by Gasteiger charge is 2.29. The van der Waals surface area contributed by atoms with E-state index in [1.807, 2.05) is 0 Å². The van der Waals surface area contributed by atoms with Crippen LogP contribution in [0.15, 0.2) is 23.6 Å². The number of ether oxygens (including phenoxy) is 1. The number of nitrogens with one attached hydrogen (secondary N) is 1. The lowest BCUT2D eigenvalue weighted by molar-refractivity contribution is -0.122. The summed E-state index contributed by atoms with van der Waals surface area (Å²) in [5, 5.41) is 5.40. The summed E-state index contributed by atoms with van der Waals surface area (Å²) in [6.45, 7) is 0. The van der Waals surface area contributed by atoms with Crippen molar-refractivity contribution in [1.29, 1.82) is 0 Å². The van der Waals surface area contributed by atoms with Crippen molar-refractivity contribution < 1.29 is 14.3 Å². The molecule has 22 heavy (non-hydrogen) atoms. The van der Waals surface area contributed by atoms with E-state index < -0.39 is 12.0 Å². The predicted molar refractivity (Wildman–Crippen MR) is 83.2 cm³/mol. The fourth-order valence-electron chi connectivity index (χ4n) is 2.17. The molecule has 1 aliphatic heterocycles. The van der Waals surface area contributed by atoms with Crippen LogP contribution in [-0.4, -0.2) is 22.9 Å². The van der Waals surface area contributed by atoms with Gasteiger partial charge in [-0.15, -0.1) is 11.3 Å². The Morgan fingerprint density at radius 1 is 1.50 bits per heavy atom. The number of carbonyl (C=O) groups excluding carboxylic acids is 2. The smallest absolute Gasteiger partial charge is 0.267 e. The molecule has 1 aromatic carbocycles. The molecular formula is C14H12ClN3O3S. The Kier molecular flexibility index (Phi) is 4.00. The van der Waals surface area contributed by atoms with Crippen LogP contribution >= 0.6 is 22.9 Å². The molecule has 2 amide bonds. The second-order valence-electron chi connectivity index (χ2n) is 4.84. The molecule has 0 radical (unpaired) electrons. The summed E-state index contributed by atoms with van der Waals surface area (Å²) in [6.07, 6.45) is -0.103. The third-order valence-corrected chi connectivity index (χ3v) is 4.17. The molecule has 0 fully saturated rings. The third-order valence-electron chi connectivity index (χ3n) is 3.13. The van der Waals surface area contributed by atoms with Gasteiger partial charge in [-0.25, -0.2) is 4.98 Å². The van der Waals surface area contributed by atoms with Crippen LogP contribution in [0, 0.1) is 0 Å². The van der Waals surface area contributed by atoms with Gasteiger partial charge in [-0.1, -0.05) is 11.6 Å². The Morgan fingerprint density at radius 3 is 3.09 bits per heavy atom. The molecule has 0 saturated carbocycles. The van der Waals surface area contributed by atoms with Crippen molar-refractivity contribution in [2.24, 2.45) is 5.73 Å². The molecule has 1 aliphatic rings. The number of rotatable bonds is 4. The highest BCUT2D eigenvalue weighted by molar-refractivity contribution is 7.13. The van der Waals surface area contributed by atoms with Crippen LogP contribution in [0.1, 0.15) is 11.3 Å². The quantitative estimate of drug-likeness (QED) is 0.889. The lowest BCUT2D eigenvalue weighted by Crippen LogP contribution is -2.31. The molecule has 1 unspecified atom stereocenters. The number of benzene rings is 1. The van der Waals surface area contributed by atoms with E-state index in [1.54, 1.807) is 23.6 Å². The van der Waals surface area contributed by atoms with Gasteiger partial charge < -0.3 is 10.5 Å². The van der Waals surface area contributed by atoms with E-state index in [4.69, 9.17) is 22.1 Å². The Hall–Kier alpha value is -2.12. The number of amides is 2. The summed E-state index contributed by atoms with van der Waals surface area (Å²) in [6, 6.07) is 5.26. The Bertz CT molecular complexity index is 747. The molecule has 6 nitrogen and oxygen atoms in total. The second kappa shape index (κ2) is 5.94. The van der Waals surface area contributed by atoms with E-state index in [1.165, 1.54) is 11.3 Å². The molecule has 0 bridgehead atoms. The fourth-order valence-corrected chi connectivity index (χ4v) is 3.08. The van der Waals surface area contributed by atoms with E-state index in [-0.39, 0.29) is 12.3 Å². The van der Waals surface area contributed by atoms with E-state index >= 15 is 0 Å². The first kappa shape index (κ1) is 14.8. The van der Waals surface area contributed by atoms with Gasteiger partial charge in [0.05, 0.1) is 12.1 Å². The first-order valence-electron chi connectivity index (χ1n) is 6.50. The molecule has 1 aromatic heterocycles. The molecule has 0 spiro atoms. The maximum absolute atomic E-state index is 12.2. The monoisotopic (exact) mass is 337 g/mol. The molecule has 114 valence electrons. The van der Waals surface area contributed by atoms with Gasteiger partial charge >= 0.3 is 0 Å². The van der Waals surface area contributed by atoms with Crippen LogP contribution in [0.3, 0.4) is 0 Å². The van der Waals surface area contributed by atoms with Crippen molar-refractivity contribution >= 4 is 39.9 Å². The molecule has 2 aromatic rings. The summed E-state index contributed by atoms with van der Waals surface area (Å²) in [5.74, 6) is -0.0833. The van der Waals surface area contributed by atoms with E-state index in [0.717, 1.165) is 5.56 Å². The molecular weight excluding hydrogens is 326 g/mol. The first-order chi connectivity index (χ1) is 10.5. The van der Waals surface area contributed by atoms with Crippen molar-refractivity contribution in [2.75, 3.05) is 5.32 Å². The van der Waals surface area contributed by atoms with Crippen LogP contribution in [0.4, 0.5) is 5.13 Å². The van der Waals surface area contributed by atoms with Gasteiger partial charge in [-0.2, -0.15) is 0 Å². The first-order valence-corrected chi connectivity index (χ1v) is 7.75. The number of fused-ring (bicyclic) bond motifs is 1. The molecule has 3 rings (SSSR count). The molecule has 2 heterocycles. The van der Waals surface area contributed by atoms with Gasteiger partial charge in [0.1, 0.15) is 5.75 Å². The van der Waals surface area contributed by atoms with Crippen LogP contribution in [0.25, 0.3) is 0 Å². The van der Waals surface area contributed by atoms with Gasteiger partial charge in [-0.05, 0) is 23.8 Å². The van der Waals surface area contributed by atoms with Gasteiger partial charge in [0.15, 0.2) is 11.2 Å². The van der Waals surface area contributed by atoms with Crippen LogP contribution in [0.2, 0.25) is 5.02 Å². The number of primary amides is 1. The van der Waals surface area contributed by atoms with Gasteiger partial charge in [-0.3, -0.25) is 14.9 Å². The van der Waals surface area contributed by atoms with Crippen molar-refractivity contribution in [3.8, 4) is 5.75 Å². The number of hydrogen-bond acceptors (Lipinski definition) is 5. The lowest BCUT2D eigenvalue weighted by Gasteiger charge is -2.09. The summed E-state index contributed by atoms with van der Waals surface area (Å²) in [4.78, 5) is 27.2. The zero-order valence-corrected chi connectivity index (χ0v) is 12.9. The molecule has 3 N–H and O–H groups in total. The lowest BCUT2D eigenvalue weighted by atomic mass is 10.1. The average Bonchev–Trinajstić information content (AvgIpc) is 3.04. The third kappa shape index (κ3) is 3.20. The topological polar surface area (TPSA) is 94.3 Å². The highest BCUT2D eigenvalue weighted by atomic mass is 35.5. The van der Waals surface area contributed by atoms with Crippen LogP contribution in [0.5, 0.6) is 5.75 Å². The van der Waals surface area contributed by atoms with E-state index in [2.05, 4.69) is 10.3 Å². The SMILES string of the molecule is NC(=O)Cc1csc(NC(=O)C2Cc3cc(Cl)ccc3O2)n1. The summed E-state index contributed by atoms with van der Waals surface area (Å²) in [7, 11) is 0. The molecule has 8 heteroatoms. The minimum Gasteiger partial charge on any atom is -0.480 e. The number of thiazole rings is 1. The number of halogens is 1. The zero-order chi connectivity index (χ0) is 15.7. The largest absolute Gasteiger partial charge is 0.480 e.